The Bertz CT molecular complexity index is 534. The van der Waals surface area contributed by atoms with Gasteiger partial charge in [-0.25, -0.2) is 0 Å². The maximum atomic E-state index is 12.3. The van der Waals surface area contributed by atoms with Crippen molar-refractivity contribution in [1.82, 2.24) is 4.90 Å². The third-order valence-corrected chi connectivity index (χ3v) is 4.40. The van der Waals surface area contributed by atoms with Gasteiger partial charge in [0.25, 0.3) is 11.8 Å². The van der Waals surface area contributed by atoms with Gasteiger partial charge in [-0.05, 0) is 30.9 Å². The Morgan fingerprint density at radius 3 is 2.40 bits per heavy atom. The first-order valence-electron chi connectivity index (χ1n) is 7.18. The van der Waals surface area contributed by atoms with E-state index in [-0.39, 0.29) is 18.4 Å². The Hall–Kier alpha value is -1.68. The van der Waals surface area contributed by atoms with Crippen LogP contribution in [-0.2, 0) is 0 Å². The second-order valence-electron chi connectivity index (χ2n) is 6.17. The van der Waals surface area contributed by atoms with Crippen LogP contribution in [0, 0.1) is 5.92 Å². The number of imide groups is 1. The highest BCUT2D eigenvalue weighted by atomic mass is 16.3. The molecule has 4 nitrogen and oxygen atoms in total. The maximum Gasteiger partial charge on any atom is 0.261 e. The van der Waals surface area contributed by atoms with Crippen LogP contribution in [-0.4, -0.2) is 34.0 Å². The fraction of sp³-hybridized carbons (Fsp3) is 0.500. The topological polar surface area (TPSA) is 57.6 Å². The summed E-state index contributed by atoms with van der Waals surface area (Å²) in [6.45, 7) is 2.22. The third-order valence-electron chi connectivity index (χ3n) is 4.40. The molecule has 3 rings (SSSR count). The van der Waals surface area contributed by atoms with E-state index in [4.69, 9.17) is 0 Å². The molecule has 1 aliphatic carbocycles. The van der Waals surface area contributed by atoms with E-state index in [0.29, 0.717) is 29.9 Å². The number of hydrogen-bond donors (Lipinski definition) is 1. The van der Waals surface area contributed by atoms with E-state index in [1.165, 1.54) is 4.90 Å². The summed E-state index contributed by atoms with van der Waals surface area (Å²) in [5, 5.41) is 10.7. The molecule has 0 radical (unpaired) electrons. The molecule has 0 bridgehead atoms. The van der Waals surface area contributed by atoms with Crippen molar-refractivity contribution in [3.63, 3.8) is 0 Å². The molecule has 4 heteroatoms. The van der Waals surface area contributed by atoms with Gasteiger partial charge in [0.1, 0.15) is 0 Å². The van der Waals surface area contributed by atoms with Gasteiger partial charge in [-0.15, -0.1) is 0 Å². The van der Waals surface area contributed by atoms with Crippen molar-refractivity contribution in [2.24, 2.45) is 5.92 Å². The molecule has 1 fully saturated rings. The lowest BCUT2D eigenvalue weighted by molar-refractivity contribution is -0.0309. The van der Waals surface area contributed by atoms with E-state index in [0.717, 1.165) is 12.8 Å². The Labute approximate surface area is 118 Å². The molecule has 106 valence electrons. The lowest BCUT2D eigenvalue weighted by Crippen LogP contribution is -2.47. The van der Waals surface area contributed by atoms with Gasteiger partial charge in [-0.2, -0.15) is 0 Å². The number of rotatable bonds is 2. The van der Waals surface area contributed by atoms with Gasteiger partial charge in [0.2, 0.25) is 0 Å². The number of hydrogen-bond acceptors (Lipinski definition) is 3. The van der Waals surface area contributed by atoms with Gasteiger partial charge in [0.05, 0.1) is 23.3 Å². The molecular weight excluding hydrogens is 254 g/mol. The number of fused-ring (bicyclic) bond motifs is 1. The standard InChI is InChI=1S/C16H19NO3/c1-11-5-4-8-16(20,9-11)10-17-14(18)12-6-2-3-7-13(12)15(17)19/h2-3,6-7,11,20H,4-5,8-10H2,1H3. The summed E-state index contributed by atoms with van der Waals surface area (Å²) in [4.78, 5) is 25.8. The zero-order valence-corrected chi connectivity index (χ0v) is 11.6. The second kappa shape index (κ2) is 4.70. The molecule has 0 spiro atoms. The van der Waals surface area contributed by atoms with Gasteiger partial charge in [-0.3, -0.25) is 14.5 Å². The predicted octanol–water partition coefficient (Wildman–Crippen LogP) is 2.22. The monoisotopic (exact) mass is 273 g/mol. The van der Waals surface area contributed by atoms with E-state index in [1.807, 2.05) is 0 Å². The lowest BCUT2D eigenvalue weighted by Gasteiger charge is -2.37. The highest BCUT2D eigenvalue weighted by Gasteiger charge is 2.42. The summed E-state index contributed by atoms with van der Waals surface area (Å²) in [6, 6.07) is 6.85. The summed E-state index contributed by atoms with van der Waals surface area (Å²) in [5.41, 5.74) is -0.0275. The highest BCUT2D eigenvalue weighted by Crippen LogP contribution is 2.34. The quantitative estimate of drug-likeness (QED) is 0.841. The number of benzene rings is 1. The second-order valence-corrected chi connectivity index (χ2v) is 6.17. The minimum atomic E-state index is -0.926. The molecular formula is C16H19NO3. The van der Waals surface area contributed by atoms with Crippen LogP contribution < -0.4 is 0 Å². The van der Waals surface area contributed by atoms with Crippen molar-refractivity contribution in [2.75, 3.05) is 6.54 Å². The maximum absolute atomic E-state index is 12.3. The summed E-state index contributed by atoms with van der Waals surface area (Å²) in [5.74, 6) is -0.126. The van der Waals surface area contributed by atoms with Crippen molar-refractivity contribution in [3.05, 3.63) is 35.4 Å². The minimum absolute atomic E-state index is 0.115. The van der Waals surface area contributed by atoms with E-state index in [9.17, 15) is 14.7 Å². The van der Waals surface area contributed by atoms with Crippen molar-refractivity contribution in [3.8, 4) is 0 Å². The summed E-state index contributed by atoms with van der Waals surface area (Å²) < 4.78 is 0. The molecule has 2 amide bonds. The van der Waals surface area contributed by atoms with Crippen LogP contribution in [0.15, 0.2) is 24.3 Å². The number of nitrogens with zero attached hydrogens (tertiary/aromatic N) is 1. The van der Waals surface area contributed by atoms with Crippen LogP contribution in [0.4, 0.5) is 0 Å². The largest absolute Gasteiger partial charge is 0.388 e. The molecule has 2 unspecified atom stereocenters. The van der Waals surface area contributed by atoms with E-state index >= 15 is 0 Å². The zero-order valence-electron chi connectivity index (χ0n) is 11.6. The van der Waals surface area contributed by atoms with E-state index in [2.05, 4.69) is 6.92 Å². The zero-order chi connectivity index (χ0) is 14.3. The molecule has 0 saturated heterocycles. The fourth-order valence-electron chi connectivity index (χ4n) is 3.45. The molecule has 1 saturated carbocycles. The molecule has 20 heavy (non-hydrogen) atoms. The van der Waals surface area contributed by atoms with Crippen LogP contribution in [0.3, 0.4) is 0 Å². The smallest absolute Gasteiger partial charge is 0.261 e. The Kier molecular flexibility index (Phi) is 3.13. The summed E-state index contributed by atoms with van der Waals surface area (Å²) in [6.07, 6.45) is 3.36. The third kappa shape index (κ3) is 2.14. The number of aliphatic hydroxyl groups is 1. The molecule has 1 aromatic carbocycles. The Morgan fingerprint density at radius 1 is 1.25 bits per heavy atom. The van der Waals surface area contributed by atoms with Crippen LogP contribution in [0.2, 0.25) is 0 Å². The SMILES string of the molecule is CC1CCCC(O)(CN2C(=O)c3ccccc3C2=O)C1. The summed E-state index contributed by atoms with van der Waals surface area (Å²) >= 11 is 0. The molecule has 1 N–H and O–H groups in total. The first kappa shape index (κ1) is 13.3. The van der Waals surface area contributed by atoms with Crippen LogP contribution in [0.1, 0.15) is 53.3 Å². The predicted molar refractivity (Wildman–Crippen MR) is 74.4 cm³/mol. The molecule has 2 atom stereocenters. The van der Waals surface area contributed by atoms with Gasteiger partial charge in [0, 0.05) is 0 Å². The average Bonchev–Trinajstić information content (AvgIpc) is 2.64. The number of amides is 2. The fourth-order valence-corrected chi connectivity index (χ4v) is 3.45. The average molecular weight is 273 g/mol. The van der Waals surface area contributed by atoms with Gasteiger partial charge >= 0.3 is 0 Å². The number of β-amino-alcohol motifs (C(OH)–C–C–N with tert-alkyl or cyclic N) is 1. The van der Waals surface area contributed by atoms with Gasteiger partial charge in [-0.1, -0.05) is 31.9 Å². The van der Waals surface area contributed by atoms with Gasteiger partial charge in [0.15, 0.2) is 0 Å². The first-order chi connectivity index (χ1) is 9.50. The lowest BCUT2D eigenvalue weighted by atomic mass is 9.78. The first-order valence-corrected chi connectivity index (χ1v) is 7.18. The van der Waals surface area contributed by atoms with E-state index < -0.39 is 5.60 Å². The summed E-state index contributed by atoms with van der Waals surface area (Å²) in [7, 11) is 0. The van der Waals surface area contributed by atoms with Crippen LogP contribution >= 0.6 is 0 Å². The van der Waals surface area contributed by atoms with Crippen molar-refractivity contribution >= 4 is 11.8 Å². The van der Waals surface area contributed by atoms with E-state index in [1.54, 1.807) is 24.3 Å². The highest BCUT2D eigenvalue weighted by molar-refractivity contribution is 6.21. The van der Waals surface area contributed by atoms with Crippen LogP contribution in [0.5, 0.6) is 0 Å². The van der Waals surface area contributed by atoms with Crippen molar-refractivity contribution in [2.45, 2.75) is 38.2 Å². The van der Waals surface area contributed by atoms with Gasteiger partial charge < -0.3 is 5.11 Å². The molecule has 1 aliphatic heterocycles. The Balaban J connectivity index is 1.83. The van der Waals surface area contributed by atoms with Crippen molar-refractivity contribution in [1.29, 1.82) is 0 Å². The molecule has 1 aromatic rings. The number of carbonyl (C=O) groups excluding carboxylic acids is 2. The molecule has 2 aliphatic rings. The normalized spacial score (nSPS) is 29.7. The van der Waals surface area contributed by atoms with Crippen molar-refractivity contribution < 1.29 is 14.7 Å². The van der Waals surface area contributed by atoms with Crippen LogP contribution in [0.25, 0.3) is 0 Å². The number of carbonyl (C=O) groups is 2. The minimum Gasteiger partial charge on any atom is -0.388 e. The molecule has 1 heterocycles. The Morgan fingerprint density at radius 2 is 1.85 bits per heavy atom. The molecule has 0 aromatic heterocycles.